The quantitative estimate of drug-likeness (QED) is 0.0578. The summed E-state index contributed by atoms with van der Waals surface area (Å²) in [7, 11) is 0. The minimum atomic E-state index is -1.17. The number of hydrogen-bond donors (Lipinski definition) is 8. The van der Waals surface area contributed by atoms with E-state index in [1.165, 1.54) is 6.92 Å². The Morgan fingerprint density at radius 3 is 1.98 bits per heavy atom. The maximum absolute atomic E-state index is 13.5. The first-order chi connectivity index (χ1) is 20.7. The molecule has 0 radical (unpaired) electrons. The molecule has 6 atom stereocenters. The zero-order valence-electron chi connectivity index (χ0n) is 26.3. The van der Waals surface area contributed by atoms with E-state index in [2.05, 4.69) is 26.3 Å². The Kier molecular flexibility index (Phi) is 16.5. The number of benzene rings is 1. The van der Waals surface area contributed by atoms with Crippen LogP contribution in [0.2, 0.25) is 0 Å². The van der Waals surface area contributed by atoms with E-state index >= 15 is 0 Å². The molecule has 0 saturated carbocycles. The number of hydrogen-bond acceptors (Lipinski definition) is 7. The van der Waals surface area contributed by atoms with Crippen molar-refractivity contribution in [1.82, 2.24) is 21.3 Å². The molecule has 246 valence electrons. The molecule has 0 saturated heterocycles. The highest BCUT2D eigenvalue weighted by Crippen LogP contribution is 2.12. The average molecular weight is 619 g/mol. The molecule has 0 aliphatic carbocycles. The van der Waals surface area contributed by atoms with Crippen LogP contribution in [0.25, 0.3) is 0 Å². The van der Waals surface area contributed by atoms with Crippen molar-refractivity contribution in [1.29, 1.82) is 0 Å². The monoisotopic (exact) mass is 618 g/mol. The molecule has 0 unspecified atom stereocenters. The molecular weight excluding hydrogens is 568 g/mol. The first kappa shape index (κ1) is 37.8. The summed E-state index contributed by atoms with van der Waals surface area (Å²) in [5, 5.41) is 20.1. The van der Waals surface area contributed by atoms with E-state index in [0.29, 0.717) is 12.8 Å². The average Bonchev–Trinajstić information content (AvgIpc) is 2.96. The number of carbonyl (C=O) groups is 5. The van der Waals surface area contributed by atoms with Gasteiger partial charge in [0.25, 0.3) is 0 Å². The normalized spacial score (nSPS) is 15.1. The van der Waals surface area contributed by atoms with E-state index in [1.54, 1.807) is 6.92 Å². The number of carboxylic acid groups (broad SMARTS) is 1. The van der Waals surface area contributed by atoms with Crippen LogP contribution >= 0.6 is 0 Å². The topological polar surface area (TPSA) is 244 Å². The van der Waals surface area contributed by atoms with Gasteiger partial charge in [0.1, 0.15) is 24.2 Å². The summed E-state index contributed by atoms with van der Waals surface area (Å²) < 4.78 is 0. The third kappa shape index (κ3) is 13.8. The number of nitrogens with one attached hydrogen (secondary N) is 4. The predicted molar refractivity (Wildman–Crippen MR) is 168 cm³/mol. The number of aliphatic carboxylic acids is 1. The Bertz CT molecular complexity index is 1130. The van der Waals surface area contributed by atoms with Crippen molar-refractivity contribution >= 4 is 35.6 Å². The molecule has 4 amide bonds. The van der Waals surface area contributed by atoms with Gasteiger partial charge in [0, 0.05) is 6.54 Å². The van der Waals surface area contributed by atoms with Gasteiger partial charge in [-0.25, -0.2) is 4.79 Å². The zero-order valence-corrected chi connectivity index (χ0v) is 26.3. The lowest BCUT2D eigenvalue weighted by Gasteiger charge is -2.27. The Balaban J connectivity index is 3.03. The third-order valence-electron chi connectivity index (χ3n) is 7.08. The van der Waals surface area contributed by atoms with E-state index in [1.807, 2.05) is 51.1 Å². The SMILES string of the molecule is CC[C@H](C)[C@H](NC(=O)[C@H](CC(C)C)NC(=O)[C@H](CCCN=C(N)N)NC(=O)[C@H](C)NC(=O)[C@@H](N)Cc1ccccc1)C(=O)O. The molecule has 0 spiro atoms. The van der Waals surface area contributed by atoms with Crippen LogP contribution in [-0.2, 0) is 30.4 Å². The zero-order chi connectivity index (χ0) is 33.4. The second kappa shape index (κ2) is 19.2. The maximum atomic E-state index is 13.5. The first-order valence-electron chi connectivity index (χ1n) is 14.9. The van der Waals surface area contributed by atoms with Crippen LogP contribution in [0.5, 0.6) is 0 Å². The smallest absolute Gasteiger partial charge is 0.326 e. The van der Waals surface area contributed by atoms with Gasteiger partial charge in [0.2, 0.25) is 23.6 Å². The van der Waals surface area contributed by atoms with Gasteiger partial charge in [0.05, 0.1) is 6.04 Å². The van der Waals surface area contributed by atoms with Crippen LogP contribution in [-0.4, -0.2) is 77.4 Å². The van der Waals surface area contributed by atoms with Crippen molar-refractivity contribution < 1.29 is 29.1 Å². The van der Waals surface area contributed by atoms with Crippen LogP contribution in [0.3, 0.4) is 0 Å². The molecule has 11 N–H and O–H groups in total. The summed E-state index contributed by atoms with van der Waals surface area (Å²) in [5.41, 5.74) is 17.7. The van der Waals surface area contributed by atoms with Crippen molar-refractivity contribution in [2.75, 3.05) is 6.54 Å². The van der Waals surface area contributed by atoms with E-state index < -0.39 is 59.8 Å². The van der Waals surface area contributed by atoms with Crippen molar-refractivity contribution in [3.05, 3.63) is 35.9 Å². The van der Waals surface area contributed by atoms with Gasteiger partial charge in [-0.1, -0.05) is 64.4 Å². The molecule has 14 heteroatoms. The van der Waals surface area contributed by atoms with Gasteiger partial charge >= 0.3 is 5.97 Å². The van der Waals surface area contributed by atoms with Crippen LogP contribution in [0, 0.1) is 11.8 Å². The van der Waals surface area contributed by atoms with Crippen molar-refractivity contribution in [2.24, 2.45) is 34.0 Å². The van der Waals surface area contributed by atoms with Crippen LogP contribution in [0.15, 0.2) is 35.3 Å². The standard InChI is InChI=1S/C30H50N8O6/c1-6-18(4)24(29(43)44)38-28(42)23(15-17(2)3)37-27(41)22(13-10-14-34-30(32)33)36-25(39)19(5)35-26(40)21(31)16-20-11-8-7-9-12-20/h7-9,11-12,17-19,21-24H,6,10,13-16,31H2,1-5H3,(H,35,40)(H,36,39)(H,37,41)(H,38,42)(H,43,44)(H4,32,33,34)/t18-,19-,21-,22-,23-,24-/m0/s1. The van der Waals surface area contributed by atoms with E-state index in [9.17, 15) is 29.1 Å². The summed E-state index contributed by atoms with van der Waals surface area (Å²) in [6.07, 6.45) is 1.45. The first-order valence-corrected chi connectivity index (χ1v) is 14.9. The molecule has 1 rings (SSSR count). The van der Waals surface area contributed by atoms with Gasteiger partial charge in [0.15, 0.2) is 5.96 Å². The summed E-state index contributed by atoms with van der Waals surface area (Å²) in [4.78, 5) is 68.1. The number of carbonyl (C=O) groups excluding carboxylic acids is 4. The molecule has 0 aliphatic rings. The lowest BCUT2D eigenvalue weighted by Crippen LogP contribution is -2.58. The van der Waals surface area contributed by atoms with Crippen molar-refractivity contribution in [3.63, 3.8) is 0 Å². The summed E-state index contributed by atoms with van der Waals surface area (Å²) in [6.45, 7) is 8.90. The highest BCUT2D eigenvalue weighted by atomic mass is 16.4. The fraction of sp³-hybridized carbons (Fsp3) is 0.600. The summed E-state index contributed by atoms with van der Waals surface area (Å²) in [5.74, 6) is -4.13. The van der Waals surface area contributed by atoms with Gasteiger partial charge in [-0.05, 0) is 50.0 Å². The molecule has 0 heterocycles. The van der Waals surface area contributed by atoms with E-state index in [-0.39, 0.29) is 43.6 Å². The molecule has 0 fully saturated rings. The fourth-order valence-electron chi connectivity index (χ4n) is 4.33. The van der Waals surface area contributed by atoms with Gasteiger partial charge in [-0.2, -0.15) is 0 Å². The molecule has 0 bridgehead atoms. The van der Waals surface area contributed by atoms with Crippen LogP contribution in [0.4, 0.5) is 0 Å². The van der Waals surface area contributed by atoms with Crippen LogP contribution in [0.1, 0.15) is 65.9 Å². The number of carboxylic acids is 1. The lowest BCUT2D eigenvalue weighted by atomic mass is 9.97. The number of aliphatic imine (C=N–C) groups is 1. The second-order valence-corrected chi connectivity index (χ2v) is 11.4. The second-order valence-electron chi connectivity index (χ2n) is 11.4. The Morgan fingerprint density at radius 1 is 0.841 bits per heavy atom. The number of nitrogens with zero attached hydrogens (tertiary/aromatic N) is 1. The van der Waals surface area contributed by atoms with Crippen LogP contribution < -0.4 is 38.5 Å². The Morgan fingerprint density at radius 2 is 1.43 bits per heavy atom. The third-order valence-corrected chi connectivity index (χ3v) is 7.08. The number of amides is 4. The molecule has 0 aliphatic heterocycles. The fourth-order valence-corrected chi connectivity index (χ4v) is 4.33. The Labute approximate surface area is 259 Å². The van der Waals surface area contributed by atoms with Gasteiger partial charge < -0.3 is 43.6 Å². The van der Waals surface area contributed by atoms with E-state index in [0.717, 1.165) is 5.56 Å². The highest BCUT2D eigenvalue weighted by Gasteiger charge is 2.32. The highest BCUT2D eigenvalue weighted by molar-refractivity contribution is 5.95. The predicted octanol–water partition coefficient (Wildman–Crippen LogP) is -0.254. The van der Waals surface area contributed by atoms with Gasteiger partial charge in [-0.3, -0.25) is 24.2 Å². The molecule has 1 aromatic rings. The number of nitrogens with two attached hydrogens (primary N) is 3. The molecule has 0 aromatic heterocycles. The molecule has 14 nitrogen and oxygen atoms in total. The van der Waals surface area contributed by atoms with Gasteiger partial charge in [-0.15, -0.1) is 0 Å². The molecule has 1 aromatic carbocycles. The largest absolute Gasteiger partial charge is 0.480 e. The lowest BCUT2D eigenvalue weighted by molar-refractivity contribution is -0.144. The Hall–Kier alpha value is -4.20. The number of rotatable bonds is 19. The van der Waals surface area contributed by atoms with Crippen molar-refractivity contribution in [3.8, 4) is 0 Å². The van der Waals surface area contributed by atoms with Crippen molar-refractivity contribution in [2.45, 2.75) is 96.9 Å². The minimum absolute atomic E-state index is 0.0248. The number of guanidine groups is 1. The minimum Gasteiger partial charge on any atom is -0.480 e. The van der Waals surface area contributed by atoms with E-state index in [4.69, 9.17) is 17.2 Å². The maximum Gasteiger partial charge on any atom is 0.326 e. The summed E-state index contributed by atoms with van der Waals surface area (Å²) >= 11 is 0. The molecule has 44 heavy (non-hydrogen) atoms. The molecular formula is C30H50N8O6. The summed E-state index contributed by atoms with van der Waals surface area (Å²) in [6, 6.07) is 3.97.